The van der Waals surface area contributed by atoms with Gasteiger partial charge in [-0.3, -0.25) is 19.3 Å². The van der Waals surface area contributed by atoms with Gasteiger partial charge in [0.1, 0.15) is 12.1 Å². The number of amides is 4. The van der Waals surface area contributed by atoms with E-state index in [1.165, 1.54) is 4.90 Å². The Kier molecular flexibility index (Phi) is 6.12. The maximum absolute atomic E-state index is 11.9. The SMILES string of the molecule is CC(CNC(=O)CN1C(=O)CCC1=O)N(C)C(=O)OC(C)(C)C. The second-order valence-corrected chi connectivity index (χ2v) is 6.62. The second-order valence-electron chi connectivity index (χ2n) is 6.62. The van der Waals surface area contributed by atoms with Gasteiger partial charge in [0.05, 0.1) is 0 Å². The summed E-state index contributed by atoms with van der Waals surface area (Å²) in [6.45, 7) is 7.00. The van der Waals surface area contributed by atoms with Crippen molar-refractivity contribution < 1.29 is 23.9 Å². The minimum absolute atomic E-state index is 0.157. The Hall–Kier alpha value is -2.12. The van der Waals surface area contributed by atoms with E-state index >= 15 is 0 Å². The van der Waals surface area contributed by atoms with Crippen molar-refractivity contribution in [2.45, 2.75) is 52.2 Å². The molecule has 0 aromatic carbocycles. The largest absolute Gasteiger partial charge is 0.444 e. The molecule has 0 spiro atoms. The predicted molar refractivity (Wildman–Crippen MR) is 82.4 cm³/mol. The van der Waals surface area contributed by atoms with Crippen LogP contribution >= 0.6 is 0 Å². The van der Waals surface area contributed by atoms with Gasteiger partial charge in [0.15, 0.2) is 0 Å². The van der Waals surface area contributed by atoms with Crippen LogP contribution in [0.15, 0.2) is 0 Å². The minimum atomic E-state index is -0.592. The average Bonchev–Trinajstić information content (AvgIpc) is 2.73. The lowest BCUT2D eigenvalue weighted by Crippen LogP contribution is -2.47. The normalized spacial score (nSPS) is 16.3. The summed E-state index contributed by atoms with van der Waals surface area (Å²) >= 11 is 0. The van der Waals surface area contributed by atoms with Gasteiger partial charge in [-0.15, -0.1) is 0 Å². The average molecular weight is 327 g/mol. The molecular weight excluding hydrogens is 302 g/mol. The smallest absolute Gasteiger partial charge is 0.410 e. The van der Waals surface area contributed by atoms with Crippen molar-refractivity contribution in [1.82, 2.24) is 15.1 Å². The highest BCUT2D eigenvalue weighted by Crippen LogP contribution is 2.11. The maximum atomic E-state index is 11.9. The summed E-state index contributed by atoms with van der Waals surface area (Å²) in [5.41, 5.74) is -0.592. The van der Waals surface area contributed by atoms with Gasteiger partial charge in [0.2, 0.25) is 17.7 Å². The van der Waals surface area contributed by atoms with Crippen LogP contribution in [0, 0.1) is 0 Å². The summed E-state index contributed by atoms with van der Waals surface area (Å²) in [7, 11) is 1.58. The zero-order chi connectivity index (χ0) is 17.8. The fraction of sp³-hybridized carbons (Fsp3) is 0.733. The first-order valence-electron chi connectivity index (χ1n) is 7.57. The number of rotatable bonds is 5. The summed E-state index contributed by atoms with van der Waals surface area (Å²) in [5.74, 6) is -1.09. The summed E-state index contributed by atoms with van der Waals surface area (Å²) in [4.78, 5) is 49.0. The molecule has 1 atom stereocenters. The van der Waals surface area contributed by atoms with E-state index in [-0.39, 0.29) is 43.8 Å². The predicted octanol–water partition coefficient (Wildman–Crippen LogP) is 0.507. The van der Waals surface area contributed by atoms with Gasteiger partial charge in [-0.05, 0) is 27.7 Å². The fourth-order valence-corrected chi connectivity index (χ4v) is 1.91. The van der Waals surface area contributed by atoms with E-state index in [2.05, 4.69) is 5.32 Å². The van der Waals surface area contributed by atoms with Gasteiger partial charge < -0.3 is 15.0 Å². The molecule has 0 radical (unpaired) electrons. The molecule has 1 N–H and O–H groups in total. The number of nitrogens with one attached hydrogen (secondary N) is 1. The lowest BCUT2D eigenvalue weighted by atomic mass is 10.2. The van der Waals surface area contributed by atoms with Gasteiger partial charge in [-0.2, -0.15) is 0 Å². The van der Waals surface area contributed by atoms with E-state index in [0.29, 0.717) is 0 Å². The minimum Gasteiger partial charge on any atom is -0.444 e. The van der Waals surface area contributed by atoms with Crippen LogP contribution in [-0.4, -0.2) is 65.4 Å². The van der Waals surface area contributed by atoms with E-state index in [0.717, 1.165) is 4.90 Å². The van der Waals surface area contributed by atoms with Crippen molar-refractivity contribution in [3.05, 3.63) is 0 Å². The lowest BCUT2D eigenvalue weighted by molar-refractivity contribution is -0.142. The Morgan fingerprint density at radius 2 is 1.78 bits per heavy atom. The highest BCUT2D eigenvalue weighted by Gasteiger charge is 2.30. The van der Waals surface area contributed by atoms with Gasteiger partial charge in [0, 0.05) is 32.5 Å². The molecule has 1 fully saturated rings. The molecule has 0 saturated carbocycles. The quantitative estimate of drug-likeness (QED) is 0.742. The first-order chi connectivity index (χ1) is 10.5. The second kappa shape index (κ2) is 7.43. The van der Waals surface area contributed by atoms with Crippen LogP contribution < -0.4 is 5.32 Å². The van der Waals surface area contributed by atoms with Crippen molar-refractivity contribution in [1.29, 1.82) is 0 Å². The molecule has 1 aliphatic heterocycles. The molecule has 8 nitrogen and oxygen atoms in total. The number of likely N-dealkylation sites (N-methyl/N-ethyl adjacent to an activating group) is 1. The molecule has 130 valence electrons. The van der Waals surface area contributed by atoms with E-state index in [1.807, 2.05) is 0 Å². The molecule has 8 heteroatoms. The number of likely N-dealkylation sites (tertiary alicyclic amines) is 1. The van der Waals surface area contributed by atoms with Crippen LogP contribution in [0.5, 0.6) is 0 Å². The van der Waals surface area contributed by atoms with Gasteiger partial charge in [0.25, 0.3) is 0 Å². The third-order valence-corrected chi connectivity index (χ3v) is 3.39. The fourth-order valence-electron chi connectivity index (χ4n) is 1.91. The molecule has 1 saturated heterocycles. The van der Waals surface area contributed by atoms with Crippen LogP contribution in [0.1, 0.15) is 40.5 Å². The first kappa shape index (κ1) is 18.9. The van der Waals surface area contributed by atoms with E-state index in [9.17, 15) is 19.2 Å². The maximum Gasteiger partial charge on any atom is 0.410 e. The summed E-state index contributed by atoms with van der Waals surface area (Å²) < 4.78 is 5.24. The monoisotopic (exact) mass is 327 g/mol. The summed E-state index contributed by atoms with van der Waals surface area (Å²) in [6, 6.07) is -0.293. The number of hydrogen-bond donors (Lipinski definition) is 1. The van der Waals surface area contributed by atoms with Crippen molar-refractivity contribution in [2.75, 3.05) is 20.1 Å². The number of ether oxygens (including phenoxy) is 1. The van der Waals surface area contributed by atoms with E-state index < -0.39 is 17.6 Å². The zero-order valence-electron chi connectivity index (χ0n) is 14.3. The first-order valence-corrected chi connectivity index (χ1v) is 7.57. The molecule has 0 bridgehead atoms. The number of hydrogen-bond acceptors (Lipinski definition) is 5. The van der Waals surface area contributed by atoms with Crippen molar-refractivity contribution in [2.24, 2.45) is 0 Å². The summed E-state index contributed by atoms with van der Waals surface area (Å²) in [6.07, 6.45) is -0.169. The molecular formula is C15H25N3O5. The third kappa shape index (κ3) is 5.88. The van der Waals surface area contributed by atoms with Crippen LogP contribution in [0.2, 0.25) is 0 Å². The highest BCUT2D eigenvalue weighted by atomic mass is 16.6. The van der Waals surface area contributed by atoms with Crippen molar-refractivity contribution in [3.8, 4) is 0 Å². The molecule has 0 aromatic rings. The van der Waals surface area contributed by atoms with E-state index in [1.54, 1.807) is 34.7 Å². The molecule has 1 unspecified atom stereocenters. The molecule has 1 heterocycles. The molecule has 4 amide bonds. The Balaban J connectivity index is 2.41. The Morgan fingerprint density at radius 3 is 2.26 bits per heavy atom. The molecule has 0 aliphatic carbocycles. The van der Waals surface area contributed by atoms with Crippen LogP contribution in [0.3, 0.4) is 0 Å². The lowest BCUT2D eigenvalue weighted by Gasteiger charge is -2.29. The molecule has 0 aromatic heterocycles. The molecule has 1 rings (SSSR count). The van der Waals surface area contributed by atoms with Gasteiger partial charge in [-0.1, -0.05) is 0 Å². The Labute approximate surface area is 136 Å². The van der Waals surface area contributed by atoms with Gasteiger partial charge >= 0.3 is 6.09 Å². The number of carbonyl (C=O) groups is 4. The van der Waals surface area contributed by atoms with Crippen LogP contribution in [-0.2, 0) is 19.1 Å². The number of nitrogens with zero attached hydrogens (tertiary/aromatic N) is 2. The Morgan fingerprint density at radius 1 is 1.26 bits per heavy atom. The third-order valence-electron chi connectivity index (χ3n) is 3.39. The topological polar surface area (TPSA) is 96.0 Å². The van der Waals surface area contributed by atoms with Crippen molar-refractivity contribution >= 4 is 23.8 Å². The number of carbonyl (C=O) groups excluding carboxylic acids is 4. The van der Waals surface area contributed by atoms with Gasteiger partial charge in [-0.25, -0.2) is 4.79 Å². The highest BCUT2D eigenvalue weighted by molar-refractivity contribution is 6.04. The van der Waals surface area contributed by atoms with Crippen LogP contribution in [0.25, 0.3) is 0 Å². The summed E-state index contributed by atoms with van der Waals surface area (Å²) in [5, 5.41) is 2.61. The molecule has 1 aliphatic rings. The Bertz CT molecular complexity index is 482. The zero-order valence-corrected chi connectivity index (χ0v) is 14.3. The molecule has 23 heavy (non-hydrogen) atoms. The standard InChI is InChI=1S/C15H25N3O5/c1-10(17(5)14(22)23-15(2,3)4)8-16-11(19)9-18-12(20)6-7-13(18)21/h10H,6-9H2,1-5H3,(H,16,19). The van der Waals surface area contributed by atoms with Crippen molar-refractivity contribution in [3.63, 3.8) is 0 Å². The van der Waals surface area contributed by atoms with E-state index in [4.69, 9.17) is 4.74 Å². The number of imide groups is 1. The van der Waals surface area contributed by atoms with Crippen LogP contribution in [0.4, 0.5) is 4.79 Å².